The zero-order valence-electron chi connectivity index (χ0n) is 17.4. The van der Waals surface area contributed by atoms with E-state index in [1.807, 2.05) is 50.7 Å². The molecule has 0 radical (unpaired) electrons. The van der Waals surface area contributed by atoms with Gasteiger partial charge in [0, 0.05) is 49.1 Å². The van der Waals surface area contributed by atoms with Gasteiger partial charge >= 0.3 is 0 Å². The summed E-state index contributed by atoms with van der Waals surface area (Å²) >= 11 is 0. The Morgan fingerprint density at radius 3 is 2.45 bits per heavy atom. The van der Waals surface area contributed by atoms with E-state index < -0.39 is 0 Å². The number of pyridine rings is 1. The quantitative estimate of drug-likeness (QED) is 0.731. The van der Waals surface area contributed by atoms with Gasteiger partial charge in [-0.05, 0) is 38.3 Å². The Bertz CT molecular complexity index is 1140. The van der Waals surface area contributed by atoms with Gasteiger partial charge in [0.1, 0.15) is 5.56 Å². The maximum absolute atomic E-state index is 13.3. The predicted octanol–water partition coefficient (Wildman–Crippen LogP) is 2.94. The fourth-order valence-electron chi connectivity index (χ4n) is 4.19. The van der Waals surface area contributed by atoms with E-state index in [2.05, 4.69) is 17.1 Å². The van der Waals surface area contributed by atoms with Gasteiger partial charge in [0.25, 0.3) is 11.5 Å². The highest BCUT2D eigenvalue weighted by molar-refractivity contribution is 5.95. The highest BCUT2D eigenvalue weighted by Gasteiger charge is 2.27. The molecule has 1 aliphatic rings. The minimum absolute atomic E-state index is 0.186. The van der Waals surface area contributed by atoms with Gasteiger partial charge in [-0.25, -0.2) is 0 Å². The van der Waals surface area contributed by atoms with E-state index in [-0.39, 0.29) is 17.0 Å². The number of carbonyl (C=O) groups excluding carboxylic acids is 1. The normalized spacial score (nSPS) is 13.9. The Balaban J connectivity index is 1.66. The molecule has 3 heterocycles. The minimum atomic E-state index is -0.302. The van der Waals surface area contributed by atoms with Crippen LogP contribution in [-0.2, 0) is 19.9 Å². The van der Waals surface area contributed by atoms with Crippen molar-refractivity contribution in [1.29, 1.82) is 0 Å². The summed E-state index contributed by atoms with van der Waals surface area (Å²) in [5.41, 5.74) is 6.93. The molecule has 0 bridgehead atoms. The number of aromatic nitrogens is 3. The topological polar surface area (TPSA) is 71.0 Å². The molecular weight excluding hydrogens is 364 g/mol. The number of carbonyl (C=O) groups is 1. The van der Waals surface area contributed by atoms with E-state index >= 15 is 0 Å². The summed E-state index contributed by atoms with van der Waals surface area (Å²) in [6.07, 6.45) is 1.44. The van der Waals surface area contributed by atoms with E-state index in [4.69, 9.17) is 5.10 Å². The molecule has 0 saturated carbocycles. The lowest BCUT2D eigenvalue weighted by molar-refractivity contribution is 0.0759. The van der Waals surface area contributed by atoms with Crippen LogP contribution in [-0.4, -0.2) is 38.7 Å². The maximum atomic E-state index is 13.3. The molecule has 150 valence electrons. The van der Waals surface area contributed by atoms with Crippen LogP contribution in [0.25, 0.3) is 11.3 Å². The first kappa shape index (κ1) is 19.2. The van der Waals surface area contributed by atoms with Crippen molar-refractivity contribution in [2.75, 3.05) is 13.1 Å². The summed E-state index contributed by atoms with van der Waals surface area (Å²) in [4.78, 5) is 30.4. The molecule has 3 aromatic rings. The lowest BCUT2D eigenvalue weighted by Gasteiger charge is -2.22. The molecule has 6 nitrogen and oxygen atoms in total. The molecule has 1 aliphatic heterocycles. The van der Waals surface area contributed by atoms with Crippen molar-refractivity contribution < 1.29 is 4.79 Å². The molecule has 4 rings (SSSR count). The van der Waals surface area contributed by atoms with Crippen molar-refractivity contribution in [3.8, 4) is 11.3 Å². The lowest BCUT2D eigenvalue weighted by atomic mass is 10.0. The number of hydrogen-bond donors (Lipinski definition) is 1. The van der Waals surface area contributed by atoms with Crippen molar-refractivity contribution >= 4 is 5.91 Å². The van der Waals surface area contributed by atoms with Crippen LogP contribution in [0.4, 0.5) is 0 Å². The molecule has 0 fully saturated rings. The van der Waals surface area contributed by atoms with Gasteiger partial charge in [0.15, 0.2) is 0 Å². The highest BCUT2D eigenvalue weighted by atomic mass is 16.2. The fourth-order valence-corrected chi connectivity index (χ4v) is 4.19. The van der Waals surface area contributed by atoms with Gasteiger partial charge in [-0.3, -0.25) is 14.3 Å². The fraction of sp³-hybridized carbons (Fsp3) is 0.348. The van der Waals surface area contributed by atoms with Crippen LogP contribution in [0.3, 0.4) is 0 Å². The minimum Gasteiger partial charge on any atom is -0.338 e. The van der Waals surface area contributed by atoms with Crippen LogP contribution in [0.2, 0.25) is 0 Å². The first-order valence-electron chi connectivity index (χ1n) is 9.98. The van der Waals surface area contributed by atoms with Gasteiger partial charge in [-0.15, -0.1) is 0 Å². The molecule has 0 atom stereocenters. The average Bonchev–Trinajstić information content (AvgIpc) is 2.88. The van der Waals surface area contributed by atoms with Crippen molar-refractivity contribution in [3.63, 3.8) is 0 Å². The molecule has 1 N–H and O–H groups in total. The number of amides is 1. The van der Waals surface area contributed by atoms with Gasteiger partial charge in [-0.2, -0.15) is 5.10 Å². The van der Waals surface area contributed by atoms with Crippen LogP contribution in [0.15, 0.2) is 35.1 Å². The summed E-state index contributed by atoms with van der Waals surface area (Å²) in [6, 6.07) is 10.1. The zero-order valence-corrected chi connectivity index (χ0v) is 17.4. The summed E-state index contributed by atoms with van der Waals surface area (Å²) in [5.74, 6) is -0.186. The Morgan fingerprint density at radius 1 is 1.03 bits per heavy atom. The van der Waals surface area contributed by atoms with Gasteiger partial charge in [0.05, 0.1) is 5.69 Å². The third-order valence-corrected chi connectivity index (χ3v) is 6.10. The SMILES string of the molecule is Cc1[nH]c(=O)c(C(=O)N2CCc3c(-c4ccccc4)nn(C)c3CC2)c(C)c1C. The van der Waals surface area contributed by atoms with Crippen molar-refractivity contribution in [2.24, 2.45) is 7.05 Å². The number of nitrogens with one attached hydrogen (secondary N) is 1. The molecular formula is C23H26N4O2. The zero-order chi connectivity index (χ0) is 20.7. The van der Waals surface area contributed by atoms with Crippen LogP contribution >= 0.6 is 0 Å². The molecule has 0 unspecified atom stereocenters. The Kier molecular flexibility index (Phi) is 4.86. The monoisotopic (exact) mass is 390 g/mol. The molecule has 0 spiro atoms. The average molecular weight is 390 g/mol. The van der Waals surface area contributed by atoms with Crippen molar-refractivity contribution in [2.45, 2.75) is 33.6 Å². The second-order valence-electron chi connectivity index (χ2n) is 7.76. The van der Waals surface area contributed by atoms with E-state index in [1.54, 1.807) is 4.90 Å². The molecule has 29 heavy (non-hydrogen) atoms. The summed E-state index contributed by atoms with van der Waals surface area (Å²) < 4.78 is 1.93. The largest absolute Gasteiger partial charge is 0.338 e. The summed E-state index contributed by atoms with van der Waals surface area (Å²) in [5, 5.41) is 4.74. The van der Waals surface area contributed by atoms with Crippen molar-refractivity contribution in [1.82, 2.24) is 19.7 Å². The number of hydrogen-bond acceptors (Lipinski definition) is 3. The van der Waals surface area contributed by atoms with Gasteiger partial charge in [-0.1, -0.05) is 30.3 Å². The van der Waals surface area contributed by atoms with Gasteiger partial charge in [0.2, 0.25) is 0 Å². The molecule has 0 saturated heterocycles. The Morgan fingerprint density at radius 2 is 1.72 bits per heavy atom. The van der Waals surface area contributed by atoms with E-state index in [1.165, 1.54) is 5.56 Å². The number of fused-ring (bicyclic) bond motifs is 1. The predicted molar refractivity (Wildman–Crippen MR) is 113 cm³/mol. The van der Waals surface area contributed by atoms with Crippen LogP contribution in [0.1, 0.15) is 38.4 Å². The second-order valence-corrected chi connectivity index (χ2v) is 7.76. The summed E-state index contributed by atoms with van der Waals surface area (Å²) in [6.45, 7) is 6.80. The molecule has 1 aromatic carbocycles. The van der Waals surface area contributed by atoms with E-state index in [9.17, 15) is 9.59 Å². The maximum Gasteiger partial charge on any atom is 0.261 e. The molecule has 6 heteroatoms. The van der Waals surface area contributed by atoms with E-state index in [0.717, 1.165) is 46.6 Å². The number of aryl methyl sites for hydroxylation is 2. The Hall–Kier alpha value is -3.15. The van der Waals surface area contributed by atoms with Gasteiger partial charge < -0.3 is 9.88 Å². The smallest absolute Gasteiger partial charge is 0.261 e. The number of rotatable bonds is 2. The third-order valence-electron chi connectivity index (χ3n) is 6.10. The number of benzene rings is 1. The summed E-state index contributed by atoms with van der Waals surface area (Å²) in [7, 11) is 1.96. The standard InChI is InChI=1S/C23H26N4O2/c1-14-15(2)20(22(28)24-16(14)3)23(29)27-12-10-18-19(11-13-27)26(4)25-21(18)17-8-6-5-7-9-17/h5-9H,10-13H2,1-4H3,(H,24,28). The Labute approximate surface area is 170 Å². The lowest BCUT2D eigenvalue weighted by Crippen LogP contribution is -2.37. The van der Waals surface area contributed by atoms with Crippen LogP contribution in [0, 0.1) is 20.8 Å². The number of H-pyrrole nitrogens is 1. The first-order chi connectivity index (χ1) is 13.9. The molecule has 1 amide bonds. The first-order valence-corrected chi connectivity index (χ1v) is 9.98. The number of aromatic amines is 1. The van der Waals surface area contributed by atoms with Crippen LogP contribution in [0.5, 0.6) is 0 Å². The molecule has 2 aromatic heterocycles. The number of nitrogens with zero attached hydrogens (tertiary/aromatic N) is 3. The molecule has 0 aliphatic carbocycles. The van der Waals surface area contributed by atoms with E-state index in [0.29, 0.717) is 13.1 Å². The highest BCUT2D eigenvalue weighted by Crippen LogP contribution is 2.28. The van der Waals surface area contributed by atoms with Crippen LogP contribution < -0.4 is 5.56 Å². The van der Waals surface area contributed by atoms with Crippen molar-refractivity contribution in [3.05, 3.63) is 74.3 Å². The second kappa shape index (κ2) is 7.35. The third kappa shape index (κ3) is 3.28.